The van der Waals surface area contributed by atoms with Crippen molar-refractivity contribution >= 4 is 29.3 Å². The molecule has 0 bridgehead atoms. The largest absolute Gasteiger partial charge is 0.350 e. The van der Waals surface area contributed by atoms with Crippen LogP contribution in [0.4, 0.5) is 25.4 Å². The Hall–Kier alpha value is -3.66. The molecule has 1 aliphatic carbocycles. The van der Waals surface area contributed by atoms with Crippen molar-refractivity contribution in [3.63, 3.8) is 0 Å². The first-order chi connectivity index (χ1) is 17.2. The number of nitrogens with zero attached hydrogens (tertiary/aromatic N) is 2. The fourth-order valence-electron chi connectivity index (χ4n) is 4.88. The Morgan fingerprint density at radius 3 is 2.03 bits per heavy atom. The molecule has 1 unspecified atom stereocenters. The second-order valence-corrected chi connectivity index (χ2v) is 9.63. The summed E-state index contributed by atoms with van der Waals surface area (Å²) < 4.78 is 13.6. The van der Waals surface area contributed by atoms with E-state index in [9.17, 15) is 18.8 Å². The van der Waals surface area contributed by atoms with Crippen molar-refractivity contribution in [2.45, 2.75) is 57.8 Å². The first-order valence-electron chi connectivity index (χ1n) is 12.2. The molecule has 1 heterocycles. The molecule has 0 aromatic heterocycles. The normalized spacial score (nSPS) is 21.7. The van der Waals surface area contributed by atoms with E-state index in [1.807, 2.05) is 32.0 Å². The molecule has 1 aliphatic heterocycles. The highest BCUT2D eigenvalue weighted by Gasteiger charge is 2.43. The van der Waals surface area contributed by atoms with Crippen molar-refractivity contribution in [1.29, 1.82) is 0 Å². The van der Waals surface area contributed by atoms with Gasteiger partial charge >= 0.3 is 12.1 Å². The lowest BCUT2D eigenvalue weighted by Crippen LogP contribution is -2.57. The van der Waals surface area contributed by atoms with Gasteiger partial charge in [-0.25, -0.2) is 14.0 Å². The summed E-state index contributed by atoms with van der Waals surface area (Å²) >= 11 is 0. The second kappa shape index (κ2) is 10.9. The Labute approximate surface area is 210 Å². The monoisotopic (exact) mass is 496 g/mol. The van der Waals surface area contributed by atoms with Crippen LogP contribution in [0.25, 0.3) is 0 Å². The summed E-state index contributed by atoms with van der Waals surface area (Å²) in [5.74, 6) is -0.925. The summed E-state index contributed by atoms with van der Waals surface area (Å²) in [5.41, 5.74) is 8.85. The number of nitrogens with two attached hydrogens (primary N) is 1. The number of carbonyl (C=O) groups is 3. The van der Waals surface area contributed by atoms with Gasteiger partial charge in [-0.2, -0.15) is 0 Å². The van der Waals surface area contributed by atoms with Gasteiger partial charge in [0.25, 0.3) is 5.91 Å². The molecule has 9 nitrogen and oxygen atoms in total. The minimum Gasteiger partial charge on any atom is -0.350 e. The smallest absolute Gasteiger partial charge is 0.323 e. The van der Waals surface area contributed by atoms with Crippen LogP contribution in [0.15, 0.2) is 42.5 Å². The van der Waals surface area contributed by atoms with Crippen molar-refractivity contribution in [2.75, 3.05) is 23.7 Å². The zero-order valence-electron chi connectivity index (χ0n) is 20.6. The molecule has 4 rings (SSSR count). The summed E-state index contributed by atoms with van der Waals surface area (Å²) in [4.78, 5) is 42.5. The number of halogens is 1. The third kappa shape index (κ3) is 6.12. The number of urea groups is 2. The lowest BCUT2D eigenvalue weighted by atomic mass is 9.92. The number of amides is 5. The summed E-state index contributed by atoms with van der Waals surface area (Å²) in [6, 6.07) is 10.2. The molecule has 2 aromatic carbocycles. The van der Waals surface area contributed by atoms with Crippen LogP contribution in [0.2, 0.25) is 0 Å². The van der Waals surface area contributed by atoms with Crippen LogP contribution < -0.4 is 21.7 Å². The standard InChI is InChI=1S/C26H33FN6O3/c1-16-12-17(2)14-22(13-16)31-26(36)33-11-10-32(25(35)30-21-5-3-4-18(27)15-21)24(33)23(34)29-20-8-6-19(28)7-9-20/h3-5,12-15,19-20,24H,6-11,28H2,1-2H3,(H,29,34)(H,30,35)(H,31,36). The molecule has 1 atom stereocenters. The number of benzene rings is 2. The van der Waals surface area contributed by atoms with Gasteiger partial charge in [-0.1, -0.05) is 12.1 Å². The molecule has 5 amide bonds. The van der Waals surface area contributed by atoms with Gasteiger partial charge in [-0.05, 0) is 81.0 Å². The number of nitrogens with one attached hydrogen (secondary N) is 3. The maximum atomic E-state index is 13.6. The van der Waals surface area contributed by atoms with E-state index in [2.05, 4.69) is 16.0 Å². The number of hydrogen-bond donors (Lipinski definition) is 4. The summed E-state index contributed by atoms with van der Waals surface area (Å²) in [5, 5.41) is 8.50. The van der Waals surface area contributed by atoms with Gasteiger partial charge in [-0.3, -0.25) is 14.6 Å². The van der Waals surface area contributed by atoms with Gasteiger partial charge in [-0.15, -0.1) is 0 Å². The van der Waals surface area contributed by atoms with Crippen LogP contribution in [0.1, 0.15) is 36.8 Å². The van der Waals surface area contributed by atoms with E-state index in [0.717, 1.165) is 36.8 Å². The van der Waals surface area contributed by atoms with Crippen LogP contribution in [0.5, 0.6) is 0 Å². The lowest BCUT2D eigenvalue weighted by molar-refractivity contribution is -0.128. The van der Waals surface area contributed by atoms with E-state index < -0.39 is 30.0 Å². The van der Waals surface area contributed by atoms with Gasteiger partial charge in [0.1, 0.15) is 5.82 Å². The zero-order chi connectivity index (χ0) is 25.8. The van der Waals surface area contributed by atoms with Crippen molar-refractivity contribution in [3.05, 3.63) is 59.4 Å². The average molecular weight is 497 g/mol. The molecule has 10 heteroatoms. The van der Waals surface area contributed by atoms with E-state index in [1.54, 1.807) is 6.07 Å². The van der Waals surface area contributed by atoms with E-state index in [-0.39, 0.29) is 30.9 Å². The molecule has 1 saturated carbocycles. The maximum Gasteiger partial charge on any atom is 0.323 e. The molecule has 0 radical (unpaired) electrons. The van der Waals surface area contributed by atoms with Crippen molar-refractivity contribution in [1.82, 2.24) is 15.1 Å². The Morgan fingerprint density at radius 2 is 1.44 bits per heavy atom. The SMILES string of the molecule is Cc1cc(C)cc(NC(=O)N2CCN(C(=O)Nc3cccc(F)c3)C2C(=O)NC2CCC(N)CC2)c1. The van der Waals surface area contributed by atoms with Crippen LogP contribution in [-0.4, -0.2) is 59.1 Å². The van der Waals surface area contributed by atoms with Crippen molar-refractivity contribution in [2.24, 2.45) is 5.73 Å². The van der Waals surface area contributed by atoms with Gasteiger partial charge in [0, 0.05) is 36.5 Å². The summed E-state index contributed by atoms with van der Waals surface area (Å²) in [6.07, 6.45) is 1.93. The fraction of sp³-hybridized carbons (Fsp3) is 0.423. The van der Waals surface area contributed by atoms with E-state index >= 15 is 0 Å². The van der Waals surface area contributed by atoms with Gasteiger partial charge in [0.05, 0.1) is 0 Å². The Bertz CT molecular complexity index is 1110. The van der Waals surface area contributed by atoms with Crippen molar-refractivity contribution in [3.8, 4) is 0 Å². The fourth-order valence-corrected chi connectivity index (χ4v) is 4.88. The van der Waals surface area contributed by atoms with Crippen LogP contribution in [0, 0.1) is 19.7 Å². The number of hydrogen-bond acceptors (Lipinski definition) is 4. The predicted molar refractivity (Wildman–Crippen MR) is 136 cm³/mol. The van der Waals surface area contributed by atoms with E-state index in [4.69, 9.17) is 5.73 Å². The number of rotatable bonds is 4. The summed E-state index contributed by atoms with van der Waals surface area (Å²) in [7, 11) is 0. The Morgan fingerprint density at radius 1 is 0.861 bits per heavy atom. The molecule has 0 spiro atoms. The first kappa shape index (κ1) is 25.4. The Kier molecular flexibility index (Phi) is 7.73. The molecule has 36 heavy (non-hydrogen) atoms. The van der Waals surface area contributed by atoms with E-state index in [0.29, 0.717) is 5.69 Å². The predicted octanol–water partition coefficient (Wildman–Crippen LogP) is 3.54. The second-order valence-electron chi connectivity index (χ2n) is 9.63. The first-order valence-corrected chi connectivity index (χ1v) is 12.2. The quantitative estimate of drug-likeness (QED) is 0.518. The zero-order valence-corrected chi connectivity index (χ0v) is 20.6. The van der Waals surface area contributed by atoms with Crippen molar-refractivity contribution < 1.29 is 18.8 Å². The van der Waals surface area contributed by atoms with E-state index in [1.165, 1.54) is 28.0 Å². The molecule has 2 aromatic rings. The highest BCUT2D eigenvalue weighted by atomic mass is 19.1. The van der Waals surface area contributed by atoms with Crippen LogP contribution in [0.3, 0.4) is 0 Å². The molecular weight excluding hydrogens is 463 g/mol. The maximum absolute atomic E-state index is 13.6. The highest BCUT2D eigenvalue weighted by Crippen LogP contribution is 2.23. The van der Waals surface area contributed by atoms with Crippen LogP contribution in [-0.2, 0) is 4.79 Å². The minimum absolute atomic E-state index is 0.0737. The van der Waals surface area contributed by atoms with Crippen LogP contribution >= 0.6 is 0 Å². The number of aryl methyl sites for hydroxylation is 2. The molecule has 192 valence electrons. The average Bonchev–Trinajstić information content (AvgIpc) is 3.26. The Balaban J connectivity index is 1.53. The third-order valence-electron chi connectivity index (χ3n) is 6.60. The topological polar surface area (TPSA) is 120 Å². The lowest BCUT2D eigenvalue weighted by Gasteiger charge is -2.32. The molecular formula is C26H33FN6O3. The number of carbonyl (C=O) groups excluding carboxylic acids is 3. The number of anilines is 2. The molecule has 2 aliphatic rings. The molecule has 5 N–H and O–H groups in total. The highest BCUT2D eigenvalue weighted by molar-refractivity contribution is 5.98. The third-order valence-corrected chi connectivity index (χ3v) is 6.60. The minimum atomic E-state index is -1.15. The van der Waals surface area contributed by atoms with Gasteiger partial charge in [0.2, 0.25) is 0 Å². The summed E-state index contributed by atoms with van der Waals surface area (Å²) in [6.45, 7) is 4.18. The molecule has 2 fully saturated rings. The molecule has 1 saturated heterocycles. The van der Waals surface area contributed by atoms with Gasteiger partial charge < -0.3 is 21.7 Å². The van der Waals surface area contributed by atoms with Gasteiger partial charge in [0.15, 0.2) is 6.17 Å².